The van der Waals surface area contributed by atoms with Crippen molar-refractivity contribution in [3.8, 4) is 5.75 Å². The number of aromatic nitrogens is 2. The van der Waals surface area contributed by atoms with Crippen LogP contribution in [-0.2, 0) is 13.0 Å². The zero-order chi connectivity index (χ0) is 26.7. The SMILES string of the molecule is CCc1nc2ccc(Br)cc2c(=O)n1N=Cc1cc(Cl)cc([N+](=O)[O-])c1OCc1ccc(C(=O)O)cc1. The van der Waals surface area contributed by atoms with Crippen molar-refractivity contribution in [2.45, 2.75) is 20.0 Å². The third-order valence-electron chi connectivity index (χ3n) is 5.35. The van der Waals surface area contributed by atoms with Crippen molar-refractivity contribution < 1.29 is 19.6 Å². The molecule has 0 saturated heterocycles. The van der Waals surface area contributed by atoms with Gasteiger partial charge in [0, 0.05) is 27.5 Å². The van der Waals surface area contributed by atoms with Gasteiger partial charge in [0.1, 0.15) is 12.4 Å². The van der Waals surface area contributed by atoms with E-state index in [0.29, 0.717) is 33.2 Å². The summed E-state index contributed by atoms with van der Waals surface area (Å²) in [5, 5.41) is 25.5. The van der Waals surface area contributed by atoms with E-state index in [-0.39, 0.29) is 34.2 Å². The van der Waals surface area contributed by atoms with Crippen LogP contribution in [0.1, 0.15) is 34.2 Å². The van der Waals surface area contributed by atoms with Crippen LogP contribution in [0.4, 0.5) is 5.69 Å². The molecular weight excluding hydrogens is 568 g/mol. The summed E-state index contributed by atoms with van der Waals surface area (Å²) in [6, 6.07) is 13.6. The first-order valence-corrected chi connectivity index (χ1v) is 12.0. The van der Waals surface area contributed by atoms with Crippen LogP contribution in [-0.4, -0.2) is 31.9 Å². The normalized spacial score (nSPS) is 11.2. The van der Waals surface area contributed by atoms with Crippen molar-refractivity contribution in [2.24, 2.45) is 5.10 Å². The maximum absolute atomic E-state index is 13.2. The largest absolute Gasteiger partial charge is 0.481 e. The van der Waals surface area contributed by atoms with Gasteiger partial charge in [0.15, 0.2) is 0 Å². The molecule has 37 heavy (non-hydrogen) atoms. The Morgan fingerprint density at radius 2 is 1.97 bits per heavy atom. The third kappa shape index (κ3) is 5.68. The fourth-order valence-electron chi connectivity index (χ4n) is 3.55. The average molecular weight is 586 g/mol. The first kappa shape index (κ1) is 26.0. The van der Waals surface area contributed by atoms with Gasteiger partial charge in [-0.2, -0.15) is 9.78 Å². The molecule has 0 unspecified atom stereocenters. The van der Waals surface area contributed by atoms with E-state index in [0.717, 1.165) is 10.7 Å². The minimum Gasteiger partial charge on any atom is -0.481 e. The highest BCUT2D eigenvalue weighted by Gasteiger charge is 2.21. The van der Waals surface area contributed by atoms with Crippen LogP contribution < -0.4 is 10.3 Å². The third-order valence-corrected chi connectivity index (χ3v) is 6.06. The molecule has 1 aromatic heterocycles. The van der Waals surface area contributed by atoms with E-state index in [1.165, 1.54) is 24.4 Å². The molecule has 0 atom stereocenters. The lowest BCUT2D eigenvalue weighted by Crippen LogP contribution is -2.22. The molecule has 0 saturated carbocycles. The van der Waals surface area contributed by atoms with Crippen molar-refractivity contribution in [2.75, 3.05) is 0 Å². The van der Waals surface area contributed by atoms with Crippen LogP contribution in [0.2, 0.25) is 5.02 Å². The lowest BCUT2D eigenvalue weighted by Gasteiger charge is -2.11. The second-order valence-corrected chi connectivity index (χ2v) is 9.15. The van der Waals surface area contributed by atoms with Crippen molar-refractivity contribution in [3.05, 3.63) is 107 Å². The number of hydrogen-bond acceptors (Lipinski definition) is 7. The summed E-state index contributed by atoms with van der Waals surface area (Å²) in [4.78, 5) is 39.9. The number of rotatable bonds is 8. The quantitative estimate of drug-likeness (QED) is 0.165. The van der Waals surface area contributed by atoms with E-state index in [9.17, 15) is 19.7 Å². The van der Waals surface area contributed by atoms with Gasteiger partial charge in [-0.3, -0.25) is 14.9 Å². The predicted molar refractivity (Wildman–Crippen MR) is 142 cm³/mol. The van der Waals surface area contributed by atoms with Gasteiger partial charge in [-0.1, -0.05) is 46.6 Å². The zero-order valence-electron chi connectivity index (χ0n) is 19.2. The van der Waals surface area contributed by atoms with Crippen LogP contribution in [0.5, 0.6) is 5.75 Å². The fourth-order valence-corrected chi connectivity index (χ4v) is 4.13. The maximum Gasteiger partial charge on any atom is 0.335 e. The highest BCUT2D eigenvalue weighted by molar-refractivity contribution is 9.10. The van der Waals surface area contributed by atoms with Crippen LogP contribution in [0.3, 0.4) is 0 Å². The predicted octanol–water partition coefficient (Wildman–Crippen LogP) is 5.44. The molecule has 10 nitrogen and oxygen atoms in total. The molecule has 188 valence electrons. The van der Waals surface area contributed by atoms with Gasteiger partial charge in [0.25, 0.3) is 5.56 Å². The van der Waals surface area contributed by atoms with Gasteiger partial charge in [-0.05, 0) is 42.0 Å². The molecule has 0 spiro atoms. The van der Waals surface area contributed by atoms with Crippen molar-refractivity contribution >= 4 is 56.3 Å². The minimum absolute atomic E-state index is 0.0786. The summed E-state index contributed by atoms with van der Waals surface area (Å²) >= 11 is 9.48. The Morgan fingerprint density at radius 3 is 2.62 bits per heavy atom. The summed E-state index contributed by atoms with van der Waals surface area (Å²) in [5.41, 5.74) is 0.585. The number of halogens is 2. The van der Waals surface area contributed by atoms with Crippen molar-refractivity contribution in [3.63, 3.8) is 0 Å². The number of nitro benzene ring substituents is 1. The molecule has 0 aliphatic rings. The summed E-state index contributed by atoms with van der Waals surface area (Å²) in [6.45, 7) is 1.74. The van der Waals surface area contributed by atoms with Gasteiger partial charge in [-0.25, -0.2) is 9.78 Å². The lowest BCUT2D eigenvalue weighted by molar-refractivity contribution is -0.385. The molecule has 0 amide bonds. The number of aromatic carboxylic acids is 1. The number of carbonyl (C=O) groups is 1. The molecule has 12 heteroatoms. The summed E-state index contributed by atoms with van der Waals surface area (Å²) in [5.74, 6) is -0.784. The highest BCUT2D eigenvalue weighted by Crippen LogP contribution is 2.34. The van der Waals surface area contributed by atoms with Crippen LogP contribution >= 0.6 is 27.5 Å². The van der Waals surface area contributed by atoms with E-state index in [4.69, 9.17) is 21.4 Å². The average Bonchev–Trinajstić information content (AvgIpc) is 2.87. The van der Waals surface area contributed by atoms with E-state index < -0.39 is 16.5 Å². The molecule has 1 N–H and O–H groups in total. The molecule has 0 fully saturated rings. The molecule has 0 bridgehead atoms. The Hall–Kier alpha value is -4.09. The van der Waals surface area contributed by atoms with Gasteiger partial charge in [-0.15, -0.1) is 0 Å². The Kier molecular flexibility index (Phi) is 7.65. The van der Waals surface area contributed by atoms with Crippen LogP contribution in [0.15, 0.2) is 69.0 Å². The van der Waals surface area contributed by atoms with E-state index in [1.54, 1.807) is 30.3 Å². The fraction of sp³-hybridized carbons (Fsp3) is 0.120. The number of nitro groups is 1. The van der Waals surface area contributed by atoms with Gasteiger partial charge < -0.3 is 9.84 Å². The van der Waals surface area contributed by atoms with Crippen LogP contribution in [0, 0.1) is 10.1 Å². The number of benzene rings is 3. The van der Waals surface area contributed by atoms with Gasteiger partial charge in [0.05, 0.1) is 27.6 Å². The number of carboxylic acid groups (broad SMARTS) is 1. The van der Waals surface area contributed by atoms with E-state index >= 15 is 0 Å². The minimum atomic E-state index is -1.07. The molecular formula is C25H18BrClN4O6. The Balaban J connectivity index is 1.76. The van der Waals surface area contributed by atoms with Crippen molar-refractivity contribution in [1.82, 2.24) is 9.66 Å². The van der Waals surface area contributed by atoms with Gasteiger partial charge >= 0.3 is 11.7 Å². The highest BCUT2D eigenvalue weighted by atomic mass is 79.9. The molecule has 0 aliphatic carbocycles. The van der Waals surface area contributed by atoms with E-state index in [2.05, 4.69) is 26.0 Å². The second-order valence-electron chi connectivity index (χ2n) is 7.80. The van der Waals surface area contributed by atoms with Gasteiger partial charge in [0.2, 0.25) is 5.75 Å². The first-order chi connectivity index (χ1) is 17.7. The summed E-state index contributed by atoms with van der Waals surface area (Å²) < 4.78 is 7.62. The smallest absolute Gasteiger partial charge is 0.335 e. The number of aryl methyl sites for hydroxylation is 1. The van der Waals surface area contributed by atoms with Crippen molar-refractivity contribution in [1.29, 1.82) is 0 Å². The molecule has 4 aromatic rings. The molecule has 3 aromatic carbocycles. The molecule has 4 rings (SSSR count). The lowest BCUT2D eigenvalue weighted by atomic mass is 10.1. The number of ether oxygens (including phenoxy) is 1. The number of nitrogens with zero attached hydrogens (tertiary/aromatic N) is 4. The number of fused-ring (bicyclic) bond motifs is 1. The first-order valence-electron chi connectivity index (χ1n) is 10.9. The topological polar surface area (TPSA) is 137 Å². The summed E-state index contributed by atoms with van der Waals surface area (Å²) in [7, 11) is 0. The standard InChI is InChI=1S/C25H18BrClN4O6/c1-2-22-29-20-8-7-17(26)10-19(20)24(32)30(22)28-12-16-9-18(27)11-21(31(35)36)23(16)37-13-14-3-5-15(6-4-14)25(33)34/h3-12H,2,13H2,1H3,(H,33,34). The molecule has 0 radical (unpaired) electrons. The summed E-state index contributed by atoms with van der Waals surface area (Å²) in [6.07, 6.45) is 1.66. The Morgan fingerprint density at radius 1 is 1.24 bits per heavy atom. The van der Waals surface area contributed by atoms with E-state index in [1.807, 2.05) is 6.92 Å². The Bertz CT molecular complexity index is 1620. The second kappa shape index (κ2) is 10.9. The molecule has 1 heterocycles. The number of hydrogen-bond donors (Lipinski definition) is 1. The molecule has 0 aliphatic heterocycles. The zero-order valence-corrected chi connectivity index (χ0v) is 21.6. The Labute approximate surface area is 223 Å². The van der Waals surface area contributed by atoms with Crippen LogP contribution in [0.25, 0.3) is 10.9 Å². The maximum atomic E-state index is 13.2. The number of carboxylic acids is 1. The monoisotopic (exact) mass is 584 g/mol.